The molecule has 8 heteroatoms. The first-order valence-corrected chi connectivity index (χ1v) is 9.15. The predicted octanol–water partition coefficient (Wildman–Crippen LogP) is 1.39. The third-order valence-electron chi connectivity index (χ3n) is 3.72. The summed E-state index contributed by atoms with van der Waals surface area (Å²) < 4.78 is 31.6. The molecule has 25 heavy (non-hydrogen) atoms. The number of benzene rings is 2. The van der Waals surface area contributed by atoms with Crippen molar-refractivity contribution in [2.45, 2.75) is 17.7 Å². The number of H-pyrrole nitrogens is 1. The van der Waals surface area contributed by atoms with Crippen molar-refractivity contribution < 1.29 is 12.8 Å². The number of hydrogen-bond donors (Lipinski definition) is 2. The molecule has 0 unspecified atom stereocenters. The summed E-state index contributed by atoms with van der Waals surface area (Å²) in [7, 11) is -3.76. The summed E-state index contributed by atoms with van der Waals surface area (Å²) >= 11 is 0. The van der Waals surface area contributed by atoms with Crippen LogP contribution in [0.1, 0.15) is 12.0 Å². The van der Waals surface area contributed by atoms with Crippen LogP contribution < -0.4 is 16.1 Å². The Kier molecular flexibility index (Phi) is 4.82. The predicted molar refractivity (Wildman–Crippen MR) is 93.1 cm³/mol. The molecule has 0 saturated heterocycles. The number of aryl methyl sites for hydroxylation is 1. The first kappa shape index (κ1) is 17.1. The summed E-state index contributed by atoms with van der Waals surface area (Å²) in [5.41, 5.74) is 0.484. The number of aromatic nitrogens is 1. The van der Waals surface area contributed by atoms with Crippen molar-refractivity contribution in [3.05, 3.63) is 75.1 Å². The standard InChI is InChI=1S/C17H16N2O5S/c20-16-14-11-13(8-9-15(14)19-17(21)24-16)25(22,23)18-10-4-7-12-5-2-1-3-6-12/h1-3,5-6,8-9,11,18H,4,7,10H2,(H,19,21). The molecule has 2 N–H and O–H groups in total. The largest absolute Gasteiger partial charge is 0.419 e. The molecule has 1 aromatic heterocycles. The molecule has 2 aromatic carbocycles. The number of rotatable bonds is 6. The van der Waals surface area contributed by atoms with E-state index in [4.69, 9.17) is 0 Å². The lowest BCUT2D eigenvalue weighted by Crippen LogP contribution is -2.25. The van der Waals surface area contributed by atoms with Gasteiger partial charge in [0.25, 0.3) is 0 Å². The second-order valence-corrected chi connectivity index (χ2v) is 7.26. The molecule has 3 aromatic rings. The molecule has 1 heterocycles. The molecule has 0 aliphatic rings. The first-order valence-electron chi connectivity index (χ1n) is 7.66. The fourth-order valence-electron chi connectivity index (χ4n) is 2.47. The summed E-state index contributed by atoms with van der Waals surface area (Å²) in [5, 5.41) is 0.00626. The van der Waals surface area contributed by atoms with Gasteiger partial charge in [-0.1, -0.05) is 30.3 Å². The zero-order valence-corrected chi connectivity index (χ0v) is 14.0. The topological polar surface area (TPSA) is 109 Å². The van der Waals surface area contributed by atoms with Gasteiger partial charge in [-0.3, -0.25) is 4.98 Å². The monoisotopic (exact) mass is 360 g/mol. The minimum Gasteiger partial charge on any atom is -0.372 e. The molecule has 0 aliphatic carbocycles. The molecule has 7 nitrogen and oxygen atoms in total. The average molecular weight is 360 g/mol. The van der Waals surface area contributed by atoms with Crippen molar-refractivity contribution in [3.63, 3.8) is 0 Å². The van der Waals surface area contributed by atoms with Crippen LogP contribution in [0.5, 0.6) is 0 Å². The SMILES string of the molecule is O=c1[nH]c2ccc(S(=O)(=O)NCCCc3ccccc3)cc2c(=O)o1. The Morgan fingerprint density at radius 1 is 1.04 bits per heavy atom. The van der Waals surface area contributed by atoms with E-state index < -0.39 is 21.4 Å². The van der Waals surface area contributed by atoms with Gasteiger partial charge in [-0.15, -0.1) is 0 Å². The molecule has 0 bridgehead atoms. The average Bonchev–Trinajstić information content (AvgIpc) is 2.59. The quantitative estimate of drug-likeness (QED) is 0.646. The lowest BCUT2D eigenvalue weighted by molar-refractivity contribution is 0.460. The minimum atomic E-state index is -3.76. The lowest BCUT2D eigenvalue weighted by atomic mass is 10.1. The Bertz CT molecular complexity index is 1100. The van der Waals surface area contributed by atoms with Crippen LogP contribution >= 0.6 is 0 Å². The Morgan fingerprint density at radius 2 is 1.80 bits per heavy atom. The highest BCUT2D eigenvalue weighted by molar-refractivity contribution is 7.89. The summed E-state index contributed by atoms with van der Waals surface area (Å²) in [4.78, 5) is 25.1. The summed E-state index contributed by atoms with van der Waals surface area (Å²) in [6.07, 6.45) is 1.40. The third-order valence-corrected chi connectivity index (χ3v) is 5.18. The van der Waals surface area contributed by atoms with Gasteiger partial charge in [0.15, 0.2) is 0 Å². The lowest BCUT2D eigenvalue weighted by Gasteiger charge is -2.07. The van der Waals surface area contributed by atoms with Gasteiger partial charge in [-0.25, -0.2) is 22.7 Å². The van der Waals surface area contributed by atoms with Crippen LogP contribution in [0.4, 0.5) is 0 Å². The Hall–Kier alpha value is -2.71. The van der Waals surface area contributed by atoms with Gasteiger partial charge in [-0.05, 0) is 36.6 Å². The smallest absolute Gasteiger partial charge is 0.372 e. The Labute approximate surface area is 143 Å². The minimum absolute atomic E-state index is 0.00626. The molecule has 0 radical (unpaired) electrons. The van der Waals surface area contributed by atoms with Gasteiger partial charge >= 0.3 is 11.4 Å². The van der Waals surface area contributed by atoms with E-state index in [1.807, 2.05) is 30.3 Å². The molecule has 0 aliphatic heterocycles. The van der Waals surface area contributed by atoms with Crippen LogP contribution in [0.3, 0.4) is 0 Å². The highest BCUT2D eigenvalue weighted by Crippen LogP contribution is 2.14. The van der Waals surface area contributed by atoms with Gasteiger partial charge < -0.3 is 4.42 Å². The Balaban J connectivity index is 1.72. The molecule has 0 amide bonds. The maximum atomic E-state index is 12.3. The maximum Gasteiger partial charge on any atom is 0.419 e. The van der Waals surface area contributed by atoms with E-state index >= 15 is 0 Å². The zero-order valence-electron chi connectivity index (χ0n) is 13.2. The Morgan fingerprint density at radius 3 is 2.56 bits per heavy atom. The van der Waals surface area contributed by atoms with E-state index in [-0.39, 0.29) is 22.3 Å². The second-order valence-electron chi connectivity index (χ2n) is 5.50. The molecule has 3 rings (SSSR count). The van der Waals surface area contributed by atoms with E-state index in [1.165, 1.54) is 18.2 Å². The van der Waals surface area contributed by atoms with E-state index in [1.54, 1.807) is 0 Å². The van der Waals surface area contributed by atoms with Crippen molar-refractivity contribution in [3.8, 4) is 0 Å². The van der Waals surface area contributed by atoms with Crippen molar-refractivity contribution >= 4 is 20.9 Å². The van der Waals surface area contributed by atoms with E-state index in [0.29, 0.717) is 6.42 Å². The first-order chi connectivity index (χ1) is 12.0. The normalized spacial score (nSPS) is 11.7. The van der Waals surface area contributed by atoms with E-state index in [9.17, 15) is 18.0 Å². The van der Waals surface area contributed by atoms with Crippen molar-refractivity contribution in [1.29, 1.82) is 0 Å². The van der Waals surface area contributed by atoms with Gasteiger partial charge in [-0.2, -0.15) is 0 Å². The van der Waals surface area contributed by atoms with E-state index in [0.717, 1.165) is 12.0 Å². The second kappa shape index (κ2) is 7.04. The van der Waals surface area contributed by atoms with Crippen LogP contribution in [0.2, 0.25) is 0 Å². The van der Waals surface area contributed by atoms with Gasteiger partial charge in [0.05, 0.1) is 15.8 Å². The molecule has 0 spiro atoms. The number of nitrogens with one attached hydrogen (secondary N) is 2. The van der Waals surface area contributed by atoms with Crippen LogP contribution in [0.15, 0.2) is 67.4 Å². The highest BCUT2D eigenvalue weighted by Gasteiger charge is 2.15. The zero-order chi connectivity index (χ0) is 17.9. The maximum absolute atomic E-state index is 12.3. The third kappa shape index (κ3) is 4.04. The number of sulfonamides is 1. The summed E-state index contributed by atoms with van der Waals surface area (Å²) in [6.45, 7) is 0.273. The van der Waals surface area contributed by atoms with Gasteiger partial charge in [0, 0.05) is 6.54 Å². The van der Waals surface area contributed by atoms with Crippen LogP contribution in [0, 0.1) is 0 Å². The number of fused-ring (bicyclic) bond motifs is 1. The van der Waals surface area contributed by atoms with Gasteiger partial charge in [0.2, 0.25) is 10.0 Å². The molecular weight excluding hydrogens is 344 g/mol. The number of aromatic amines is 1. The fraction of sp³-hybridized carbons (Fsp3) is 0.176. The molecule has 0 saturated carbocycles. The fourth-order valence-corrected chi connectivity index (χ4v) is 3.57. The molecule has 0 atom stereocenters. The van der Waals surface area contributed by atoms with Crippen LogP contribution in [-0.2, 0) is 16.4 Å². The van der Waals surface area contributed by atoms with Crippen molar-refractivity contribution in [1.82, 2.24) is 9.71 Å². The van der Waals surface area contributed by atoms with Gasteiger partial charge in [0.1, 0.15) is 0 Å². The van der Waals surface area contributed by atoms with Crippen molar-refractivity contribution in [2.24, 2.45) is 0 Å². The van der Waals surface area contributed by atoms with E-state index in [2.05, 4.69) is 14.1 Å². The molecule has 0 fully saturated rings. The summed E-state index contributed by atoms with van der Waals surface area (Å²) in [6, 6.07) is 13.7. The van der Waals surface area contributed by atoms with Crippen LogP contribution in [-0.4, -0.2) is 19.9 Å². The highest BCUT2D eigenvalue weighted by atomic mass is 32.2. The molecular formula is C17H16N2O5S. The number of hydrogen-bond acceptors (Lipinski definition) is 5. The summed E-state index contributed by atoms with van der Waals surface area (Å²) in [5.74, 6) is -0.882. The van der Waals surface area contributed by atoms with Crippen molar-refractivity contribution in [2.75, 3.05) is 6.54 Å². The van der Waals surface area contributed by atoms with Crippen LogP contribution in [0.25, 0.3) is 10.9 Å². The molecule has 130 valence electrons.